The molecule has 0 aromatic heterocycles. The van der Waals surface area contributed by atoms with Gasteiger partial charge in [0.25, 0.3) is 0 Å². The molecule has 0 amide bonds. The Labute approximate surface area is 193 Å². The number of anilines is 1. The van der Waals surface area contributed by atoms with Crippen LogP contribution in [0.25, 0.3) is 0 Å². The molecule has 0 atom stereocenters. The lowest BCUT2D eigenvalue weighted by molar-refractivity contribution is 0.391. The zero-order valence-electron chi connectivity index (χ0n) is 17.5. The highest BCUT2D eigenvalue weighted by atomic mass is 35.5. The highest BCUT2D eigenvalue weighted by Gasteiger charge is 2.28. The molecule has 0 saturated carbocycles. The number of fused-ring (bicyclic) bond motifs is 1. The molecule has 1 aliphatic rings. The van der Waals surface area contributed by atoms with E-state index in [0.29, 0.717) is 29.2 Å². The largest absolute Gasteiger partial charge is 0.283 e. The zero-order valence-corrected chi connectivity index (χ0v) is 19.8. The smallest absolute Gasteiger partial charge is 0.243 e. The third-order valence-corrected chi connectivity index (χ3v) is 8.76. The molecule has 4 rings (SSSR count). The van der Waals surface area contributed by atoms with Gasteiger partial charge in [0.1, 0.15) is 0 Å². The molecule has 3 aromatic rings. The molecule has 1 aliphatic heterocycles. The monoisotopic (exact) mass is 490 g/mol. The molecule has 3 aromatic carbocycles. The first-order chi connectivity index (χ1) is 15.1. The minimum atomic E-state index is -3.64. The van der Waals surface area contributed by atoms with Crippen molar-refractivity contribution < 1.29 is 16.8 Å². The summed E-state index contributed by atoms with van der Waals surface area (Å²) >= 11 is 5.86. The summed E-state index contributed by atoms with van der Waals surface area (Å²) in [6.45, 7) is 2.48. The maximum absolute atomic E-state index is 13.1. The number of sulfonamides is 2. The van der Waals surface area contributed by atoms with Crippen LogP contribution >= 0.6 is 11.6 Å². The summed E-state index contributed by atoms with van der Waals surface area (Å²) in [7, 11) is -7.27. The van der Waals surface area contributed by atoms with Gasteiger partial charge in [0.15, 0.2) is 0 Å². The highest BCUT2D eigenvalue weighted by Crippen LogP contribution is 2.28. The molecule has 0 spiro atoms. The second-order valence-corrected chi connectivity index (χ2v) is 12.0. The Morgan fingerprint density at radius 3 is 2.28 bits per heavy atom. The van der Waals surface area contributed by atoms with Crippen LogP contribution < -0.4 is 4.72 Å². The minimum Gasteiger partial charge on any atom is -0.283 e. The minimum absolute atomic E-state index is 0.185. The Morgan fingerprint density at radius 2 is 1.59 bits per heavy atom. The van der Waals surface area contributed by atoms with Crippen molar-refractivity contribution in [3.63, 3.8) is 0 Å². The maximum Gasteiger partial charge on any atom is 0.243 e. The van der Waals surface area contributed by atoms with Crippen LogP contribution in [-0.4, -0.2) is 27.7 Å². The van der Waals surface area contributed by atoms with Crippen molar-refractivity contribution in [1.82, 2.24) is 4.31 Å². The van der Waals surface area contributed by atoms with Crippen LogP contribution in [0.3, 0.4) is 0 Å². The fourth-order valence-corrected chi connectivity index (χ4v) is 6.41. The molecule has 0 fully saturated rings. The Balaban J connectivity index is 1.52. The molecule has 32 heavy (non-hydrogen) atoms. The van der Waals surface area contributed by atoms with Crippen molar-refractivity contribution in [3.8, 4) is 0 Å². The molecule has 0 radical (unpaired) electrons. The number of halogens is 1. The number of rotatable bonds is 6. The normalized spacial score (nSPS) is 14.7. The van der Waals surface area contributed by atoms with E-state index >= 15 is 0 Å². The van der Waals surface area contributed by atoms with E-state index in [1.807, 2.05) is 13.0 Å². The van der Waals surface area contributed by atoms with Crippen LogP contribution in [0.5, 0.6) is 0 Å². The van der Waals surface area contributed by atoms with E-state index in [-0.39, 0.29) is 17.2 Å². The fourth-order valence-electron chi connectivity index (χ4n) is 3.67. The molecule has 1 N–H and O–H groups in total. The summed E-state index contributed by atoms with van der Waals surface area (Å²) in [5, 5.41) is 0.541. The molecule has 168 valence electrons. The van der Waals surface area contributed by atoms with Gasteiger partial charge in [-0.2, -0.15) is 4.31 Å². The van der Waals surface area contributed by atoms with Crippen LogP contribution in [0.2, 0.25) is 5.02 Å². The number of nitrogens with one attached hydrogen (secondary N) is 1. The zero-order chi connectivity index (χ0) is 22.9. The number of benzene rings is 3. The first-order valence-electron chi connectivity index (χ1n) is 10.1. The Hall–Kier alpha value is -2.39. The predicted octanol–water partition coefficient (Wildman–Crippen LogP) is 4.34. The second-order valence-electron chi connectivity index (χ2n) is 7.87. The van der Waals surface area contributed by atoms with Gasteiger partial charge < -0.3 is 0 Å². The first-order valence-corrected chi connectivity index (χ1v) is 13.5. The van der Waals surface area contributed by atoms with E-state index in [4.69, 9.17) is 11.6 Å². The second kappa shape index (κ2) is 8.86. The summed E-state index contributed by atoms with van der Waals surface area (Å²) in [6, 6.07) is 18.7. The van der Waals surface area contributed by atoms with Gasteiger partial charge in [-0.25, -0.2) is 16.8 Å². The van der Waals surface area contributed by atoms with Gasteiger partial charge in [-0.3, -0.25) is 4.72 Å². The number of hydrogen-bond donors (Lipinski definition) is 1. The predicted molar refractivity (Wildman–Crippen MR) is 127 cm³/mol. The van der Waals surface area contributed by atoms with Crippen LogP contribution in [0.4, 0.5) is 5.69 Å². The molecule has 1 heterocycles. The van der Waals surface area contributed by atoms with Crippen molar-refractivity contribution in [2.45, 2.75) is 30.5 Å². The molecule has 0 aliphatic carbocycles. The summed E-state index contributed by atoms with van der Waals surface area (Å²) in [4.78, 5) is 0.256. The Morgan fingerprint density at radius 1 is 0.906 bits per heavy atom. The summed E-state index contributed by atoms with van der Waals surface area (Å²) in [5.41, 5.74) is 3.82. The average molecular weight is 491 g/mol. The quantitative estimate of drug-likeness (QED) is 0.557. The highest BCUT2D eigenvalue weighted by molar-refractivity contribution is 7.91. The average Bonchev–Trinajstić information content (AvgIpc) is 2.74. The molecular weight excluding hydrogens is 468 g/mol. The van der Waals surface area contributed by atoms with Gasteiger partial charge in [-0.15, -0.1) is 0 Å². The molecular formula is C23H23ClN2O4S2. The fraction of sp³-hybridized carbons (Fsp3) is 0.217. The lowest BCUT2D eigenvalue weighted by atomic mass is 10.0. The third-order valence-electron chi connectivity index (χ3n) is 5.39. The third kappa shape index (κ3) is 5.15. The van der Waals surface area contributed by atoms with Gasteiger partial charge in [0.2, 0.25) is 20.0 Å². The summed E-state index contributed by atoms with van der Waals surface area (Å²) < 4.78 is 55.4. The van der Waals surface area contributed by atoms with Crippen LogP contribution in [-0.2, 0) is 38.8 Å². The van der Waals surface area contributed by atoms with Crippen LogP contribution in [0.1, 0.15) is 22.3 Å². The first kappa shape index (κ1) is 22.8. The van der Waals surface area contributed by atoms with E-state index in [1.54, 1.807) is 60.7 Å². The van der Waals surface area contributed by atoms with Crippen molar-refractivity contribution in [3.05, 3.63) is 94.0 Å². The molecule has 6 nitrogen and oxygen atoms in total. The van der Waals surface area contributed by atoms with E-state index in [2.05, 4.69) is 4.72 Å². The van der Waals surface area contributed by atoms with Gasteiger partial charge in [-0.1, -0.05) is 47.5 Å². The van der Waals surface area contributed by atoms with Crippen molar-refractivity contribution in [1.29, 1.82) is 0 Å². The van der Waals surface area contributed by atoms with Gasteiger partial charge in [0, 0.05) is 23.8 Å². The van der Waals surface area contributed by atoms with Gasteiger partial charge in [0.05, 0.1) is 10.6 Å². The van der Waals surface area contributed by atoms with Crippen molar-refractivity contribution >= 4 is 37.3 Å². The molecule has 0 saturated heterocycles. The standard InChI is InChI=1S/C23H23ClN2O4S2/c1-17-2-10-23(11-3-17)32(29,30)26-13-12-19-6-9-22(14-20(19)15-26)25-31(27,28)16-18-4-7-21(24)8-5-18/h2-11,14,25H,12-13,15-16H2,1H3. The Bertz CT molecular complexity index is 1340. The van der Waals surface area contributed by atoms with Crippen LogP contribution in [0, 0.1) is 6.92 Å². The summed E-state index contributed by atoms with van der Waals surface area (Å²) in [6.07, 6.45) is 0.568. The van der Waals surface area contributed by atoms with Crippen LogP contribution in [0.15, 0.2) is 71.6 Å². The molecule has 9 heteroatoms. The Kier molecular flexibility index (Phi) is 6.31. The lowest BCUT2D eigenvalue weighted by Gasteiger charge is -2.28. The number of hydrogen-bond acceptors (Lipinski definition) is 4. The van der Waals surface area contributed by atoms with Gasteiger partial charge >= 0.3 is 0 Å². The van der Waals surface area contributed by atoms with Crippen molar-refractivity contribution in [2.75, 3.05) is 11.3 Å². The molecule has 0 bridgehead atoms. The summed E-state index contributed by atoms with van der Waals surface area (Å²) in [5.74, 6) is -0.185. The maximum atomic E-state index is 13.1. The SMILES string of the molecule is Cc1ccc(S(=O)(=O)N2CCc3ccc(NS(=O)(=O)Cc4ccc(Cl)cc4)cc3C2)cc1. The van der Waals surface area contributed by atoms with E-state index in [0.717, 1.165) is 16.7 Å². The van der Waals surface area contributed by atoms with E-state index in [1.165, 1.54) is 4.31 Å². The topological polar surface area (TPSA) is 83.6 Å². The van der Waals surface area contributed by atoms with Gasteiger partial charge in [-0.05, 0) is 66.4 Å². The number of aryl methyl sites for hydroxylation is 1. The van der Waals surface area contributed by atoms with E-state index in [9.17, 15) is 16.8 Å². The van der Waals surface area contributed by atoms with E-state index < -0.39 is 20.0 Å². The molecule has 0 unspecified atom stereocenters. The lowest BCUT2D eigenvalue weighted by Crippen LogP contribution is -2.36. The number of nitrogens with zero attached hydrogens (tertiary/aromatic N) is 1. The van der Waals surface area contributed by atoms with Crippen molar-refractivity contribution in [2.24, 2.45) is 0 Å².